The topological polar surface area (TPSA) is 71.5 Å². The maximum atomic E-state index is 13.5. The summed E-state index contributed by atoms with van der Waals surface area (Å²) in [5.41, 5.74) is -2.43. The highest BCUT2D eigenvalue weighted by Gasteiger charge is 2.58. The van der Waals surface area contributed by atoms with E-state index in [0.29, 0.717) is 34.1 Å². The number of hydrogen-bond donors (Lipinski definition) is 2. The Labute approximate surface area is 175 Å². The minimum atomic E-state index is -5.05. The highest BCUT2D eigenvalue weighted by atomic mass is 32.1. The molecule has 9 heteroatoms. The molecule has 5 nitrogen and oxygen atoms in total. The van der Waals surface area contributed by atoms with Crippen molar-refractivity contribution in [3.05, 3.63) is 76.2 Å². The second-order valence-electron chi connectivity index (χ2n) is 6.63. The number of aryl methyl sites for hydroxylation is 1. The van der Waals surface area contributed by atoms with Crippen LogP contribution in [0.5, 0.6) is 11.5 Å². The molecule has 1 heterocycles. The highest BCUT2D eigenvalue weighted by molar-refractivity contribution is 7.09. The molecule has 2 N–H and O–H groups in total. The van der Waals surface area contributed by atoms with Gasteiger partial charge in [-0.3, -0.25) is 4.79 Å². The van der Waals surface area contributed by atoms with Gasteiger partial charge >= 0.3 is 6.18 Å². The summed E-state index contributed by atoms with van der Waals surface area (Å²) in [4.78, 5) is 16.0. The first-order valence-electron chi connectivity index (χ1n) is 8.98. The van der Waals surface area contributed by atoms with Crippen LogP contribution >= 0.6 is 11.3 Å². The Morgan fingerprint density at radius 3 is 2.43 bits per heavy atom. The SMILES string of the molecule is Cc1csc([C@](O)(CC(=O)NCc2ccccc2Oc2ccccc2)C(F)(F)F)n1. The molecule has 0 aliphatic heterocycles. The van der Waals surface area contributed by atoms with Gasteiger partial charge < -0.3 is 15.2 Å². The molecule has 0 fully saturated rings. The second-order valence-corrected chi connectivity index (χ2v) is 7.49. The maximum absolute atomic E-state index is 13.5. The average Bonchev–Trinajstić information content (AvgIpc) is 3.14. The number of rotatable bonds is 7. The summed E-state index contributed by atoms with van der Waals surface area (Å²) in [5, 5.41) is 13.5. The molecule has 158 valence electrons. The van der Waals surface area contributed by atoms with Crippen LogP contribution in [0.2, 0.25) is 0 Å². The van der Waals surface area contributed by atoms with Crippen LogP contribution in [-0.4, -0.2) is 22.2 Å². The fourth-order valence-corrected chi connectivity index (χ4v) is 3.61. The Kier molecular flexibility index (Phi) is 6.42. The van der Waals surface area contributed by atoms with Gasteiger partial charge in [0.25, 0.3) is 0 Å². The number of benzene rings is 2. The van der Waals surface area contributed by atoms with E-state index in [1.54, 1.807) is 48.5 Å². The van der Waals surface area contributed by atoms with Crippen molar-refractivity contribution in [1.82, 2.24) is 10.3 Å². The molecule has 2 aromatic carbocycles. The average molecular weight is 436 g/mol. The number of aliphatic hydroxyl groups is 1. The summed E-state index contributed by atoms with van der Waals surface area (Å²) in [6, 6.07) is 15.8. The van der Waals surface area contributed by atoms with Crippen molar-refractivity contribution in [2.45, 2.75) is 31.7 Å². The number of hydrogen-bond acceptors (Lipinski definition) is 5. The lowest BCUT2D eigenvalue weighted by molar-refractivity contribution is -0.267. The number of para-hydroxylation sites is 2. The van der Waals surface area contributed by atoms with Gasteiger partial charge in [-0.15, -0.1) is 11.3 Å². The van der Waals surface area contributed by atoms with E-state index in [9.17, 15) is 23.1 Å². The van der Waals surface area contributed by atoms with Crippen LogP contribution in [0, 0.1) is 6.92 Å². The largest absolute Gasteiger partial charge is 0.457 e. The van der Waals surface area contributed by atoms with Gasteiger partial charge in [-0.05, 0) is 25.1 Å². The van der Waals surface area contributed by atoms with Gasteiger partial charge in [-0.2, -0.15) is 13.2 Å². The monoisotopic (exact) mass is 436 g/mol. The van der Waals surface area contributed by atoms with Crippen molar-refractivity contribution in [2.75, 3.05) is 0 Å². The van der Waals surface area contributed by atoms with E-state index < -0.39 is 29.1 Å². The van der Waals surface area contributed by atoms with Crippen LogP contribution in [0.25, 0.3) is 0 Å². The number of carbonyl (C=O) groups is 1. The molecule has 0 aliphatic carbocycles. The van der Waals surface area contributed by atoms with E-state index >= 15 is 0 Å². The van der Waals surface area contributed by atoms with Gasteiger partial charge in [0.15, 0.2) is 0 Å². The van der Waals surface area contributed by atoms with Crippen molar-refractivity contribution < 1.29 is 27.8 Å². The van der Waals surface area contributed by atoms with Crippen molar-refractivity contribution in [3.63, 3.8) is 0 Å². The third-order valence-corrected chi connectivity index (χ3v) is 5.39. The predicted octanol–water partition coefficient (Wildman–Crippen LogP) is 4.70. The summed E-state index contributed by atoms with van der Waals surface area (Å²) in [6.07, 6.45) is -6.24. The molecule has 0 unspecified atom stereocenters. The minimum Gasteiger partial charge on any atom is -0.457 e. The first-order valence-corrected chi connectivity index (χ1v) is 9.86. The molecule has 3 aromatic rings. The first kappa shape index (κ1) is 21.8. The summed E-state index contributed by atoms with van der Waals surface area (Å²) in [7, 11) is 0. The van der Waals surface area contributed by atoms with Gasteiger partial charge in [-0.1, -0.05) is 36.4 Å². The molecule has 0 radical (unpaired) electrons. The molecule has 3 rings (SSSR count). The molecule has 30 heavy (non-hydrogen) atoms. The number of aromatic nitrogens is 1. The van der Waals surface area contributed by atoms with E-state index in [-0.39, 0.29) is 6.54 Å². The molecular formula is C21H19F3N2O3S. The van der Waals surface area contributed by atoms with Crippen LogP contribution in [0.15, 0.2) is 60.0 Å². The molecule has 0 saturated carbocycles. The fourth-order valence-electron chi connectivity index (χ4n) is 2.69. The standard InChI is InChI=1S/C21H19F3N2O3S/c1-14-13-30-19(26-14)20(28,21(22,23)24)11-18(27)25-12-15-7-5-6-10-17(15)29-16-8-3-2-4-9-16/h2-10,13,28H,11-12H2,1H3,(H,25,27)/t20-/m1/s1. The number of nitrogens with zero attached hydrogens (tertiary/aromatic N) is 1. The van der Waals surface area contributed by atoms with Crippen molar-refractivity contribution >= 4 is 17.2 Å². The van der Waals surface area contributed by atoms with E-state index in [4.69, 9.17) is 4.74 Å². The van der Waals surface area contributed by atoms with E-state index in [0.717, 1.165) is 0 Å². The second kappa shape index (κ2) is 8.85. The Bertz CT molecular complexity index is 1010. The molecule has 0 aliphatic rings. The molecule has 1 amide bonds. The summed E-state index contributed by atoms with van der Waals surface area (Å²) in [6.45, 7) is 1.45. The number of halogens is 3. The Morgan fingerprint density at radius 1 is 1.13 bits per heavy atom. The summed E-state index contributed by atoms with van der Waals surface area (Å²) >= 11 is 0.662. The molecule has 0 spiro atoms. The van der Waals surface area contributed by atoms with Crippen LogP contribution < -0.4 is 10.1 Å². The quantitative estimate of drug-likeness (QED) is 0.563. The highest BCUT2D eigenvalue weighted by Crippen LogP contribution is 2.42. The van der Waals surface area contributed by atoms with Gasteiger partial charge in [0.05, 0.1) is 6.42 Å². The van der Waals surface area contributed by atoms with Crippen LogP contribution in [-0.2, 0) is 16.9 Å². The zero-order valence-electron chi connectivity index (χ0n) is 15.9. The van der Waals surface area contributed by atoms with Crippen molar-refractivity contribution in [2.24, 2.45) is 0 Å². The van der Waals surface area contributed by atoms with E-state index in [2.05, 4.69) is 10.3 Å². The van der Waals surface area contributed by atoms with Gasteiger partial charge in [0, 0.05) is 23.2 Å². The molecule has 0 saturated heterocycles. The lowest BCUT2D eigenvalue weighted by Crippen LogP contribution is -2.46. The van der Waals surface area contributed by atoms with E-state index in [1.807, 2.05) is 6.07 Å². The summed E-state index contributed by atoms with van der Waals surface area (Å²) < 4.78 is 46.4. The van der Waals surface area contributed by atoms with Gasteiger partial charge in [0.1, 0.15) is 16.5 Å². The van der Waals surface area contributed by atoms with Crippen LogP contribution in [0.4, 0.5) is 13.2 Å². The predicted molar refractivity (Wildman–Crippen MR) is 106 cm³/mol. The molecule has 0 bridgehead atoms. The van der Waals surface area contributed by atoms with E-state index in [1.165, 1.54) is 12.3 Å². The maximum Gasteiger partial charge on any atom is 0.424 e. The first-order chi connectivity index (χ1) is 14.2. The van der Waals surface area contributed by atoms with Crippen molar-refractivity contribution in [1.29, 1.82) is 0 Å². The molecule has 1 aromatic heterocycles. The third kappa shape index (κ3) is 4.98. The lowest BCUT2D eigenvalue weighted by Gasteiger charge is -2.28. The van der Waals surface area contributed by atoms with Gasteiger partial charge in [0.2, 0.25) is 11.5 Å². The van der Waals surface area contributed by atoms with Crippen LogP contribution in [0.3, 0.4) is 0 Å². The number of amides is 1. The number of carbonyl (C=O) groups excluding carboxylic acids is 1. The number of thiazole rings is 1. The lowest BCUT2D eigenvalue weighted by atomic mass is 9.99. The minimum absolute atomic E-state index is 0.0628. The Balaban J connectivity index is 1.71. The zero-order valence-corrected chi connectivity index (χ0v) is 16.8. The normalized spacial score (nSPS) is 13.5. The zero-order chi connectivity index (χ0) is 21.8. The third-order valence-electron chi connectivity index (χ3n) is 4.28. The molecule has 1 atom stereocenters. The molecular weight excluding hydrogens is 417 g/mol. The number of ether oxygens (including phenoxy) is 1. The van der Waals surface area contributed by atoms with Crippen LogP contribution in [0.1, 0.15) is 22.7 Å². The Morgan fingerprint density at radius 2 is 1.80 bits per heavy atom. The summed E-state index contributed by atoms with van der Waals surface area (Å²) in [5.74, 6) is 0.0877. The smallest absolute Gasteiger partial charge is 0.424 e. The van der Waals surface area contributed by atoms with Gasteiger partial charge in [-0.25, -0.2) is 4.98 Å². The number of alkyl halides is 3. The fraction of sp³-hybridized carbons (Fsp3) is 0.238. The number of nitrogens with one attached hydrogen (secondary N) is 1. The Hall–Kier alpha value is -2.91. The van der Waals surface area contributed by atoms with Crippen molar-refractivity contribution in [3.8, 4) is 11.5 Å².